The van der Waals surface area contributed by atoms with Crippen molar-refractivity contribution in [2.24, 2.45) is 5.92 Å². The quantitative estimate of drug-likeness (QED) is 0.852. The van der Waals surface area contributed by atoms with Crippen LogP contribution in [0, 0.1) is 12.8 Å². The van der Waals surface area contributed by atoms with Gasteiger partial charge in [0.1, 0.15) is 5.82 Å². The lowest BCUT2D eigenvalue weighted by Gasteiger charge is -2.24. The van der Waals surface area contributed by atoms with Crippen LogP contribution in [-0.2, 0) is 19.5 Å². The monoisotopic (exact) mass is 245 g/mol. The van der Waals surface area contributed by atoms with Gasteiger partial charge in [0, 0.05) is 43.2 Å². The lowest BCUT2D eigenvalue weighted by atomic mass is 9.99. The summed E-state index contributed by atoms with van der Waals surface area (Å²) in [5.74, 6) is 1.94. The van der Waals surface area contributed by atoms with Crippen molar-refractivity contribution < 1.29 is 0 Å². The van der Waals surface area contributed by atoms with Crippen LogP contribution in [0.3, 0.4) is 0 Å². The van der Waals surface area contributed by atoms with Gasteiger partial charge in [0.15, 0.2) is 0 Å². The Morgan fingerprint density at radius 1 is 1.56 bits per heavy atom. The van der Waals surface area contributed by atoms with Crippen molar-refractivity contribution in [2.45, 2.75) is 32.9 Å². The summed E-state index contributed by atoms with van der Waals surface area (Å²) in [6, 6.07) is 0. The van der Waals surface area contributed by atoms with Crippen LogP contribution in [0.15, 0.2) is 18.6 Å². The molecule has 2 N–H and O–H groups in total. The molecule has 3 heterocycles. The van der Waals surface area contributed by atoms with Crippen molar-refractivity contribution in [3.05, 3.63) is 35.7 Å². The van der Waals surface area contributed by atoms with Crippen LogP contribution in [-0.4, -0.2) is 26.3 Å². The molecule has 3 rings (SSSR count). The third kappa shape index (κ3) is 2.31. The van der Waals surface area contributed by atoms with E-state index in [1.165, 1.54) is 17.8 Å². The zero-order chi connectivity index (χ0) is 12.4. The van der Waals surface area contributed by atoms with Crippen LogP contribution in [0.4, 0.5) is 0 Å². The van der Waals surface area contributed by atoms with Crippen molar-refractivity contribution in [2.75, 3.05) is 6.54 Å². The maximum absolute atomic E-state index is 4.35. The van der Waals surface area contributed by atoms with Crippen molar-refractivity contribution in [1.82, 2.24) is 25.1 Å². The van der Waals surface area contributed by atoms with Gasteiger partial charge in [0.25, 0.3) is 0 Å². The summed E-state index contributed by atoms with van der Waals surface area (Å²) in [5, 5.41) is 10.5. The summed E-state index contributed by atoms with van der Waals surface area (Å²) < 4.78 is 2.28. The maximum atomic E-state index is 4.35. The van der Waals surface area contributed by atoms with Crippen LogP contribution in [0.5, 0.6) is 0 Å². The normalized spacial score (nSPS) is 18.8. The highest BCUT2D eigenvalue weighted by Gasteiger charge is 2.18. The molecule has 0 saturated carbocycles. The fourth-order valence-corrected chi connectivity index (χ4v) is 2.57. The molecule has 1 aliphatic heterocycles. The molecule has 1 aliphatic rings. The summed E-state index contributed by atoms with van der Waals surface area (Å²) in [5.41, 5.74) is 2.41. The number of nitrogens with zero attached hydrogens (tertiary/aromatic N) is 3. The molecular formula is C13H19N5. The molecule has 0 fully saturated rings. The fourth-order valence-electron chi connectivity index (χ4n) is 2.57. The predicted molar refractivity (Wildman–Crippen MR) is 69.1 cm³/mol. The highest BCUT2D eigenvalue weighted by Crippen LogP contribution is 2.18. The lowest BCUT2D eigenvalue weighted by Crippen LogP contribution is -2.29. The van der Waals surface area contributed by atoms with Gasteiger partial charge in [-0.25, -0.2) is 4.98 Å². The van der Waals surface area contributed by atoms with E-state index in [1.54, 1.807) is 0 Å². The maximum Gasteiger partial charge on any atom is 0.108 e. The zero-order valence-corrected chi connectivity index (χ0v) is 10.7. The Labute approximate surface area is 107 Å². The largest absolute Gasteiger partial charge is 0.335 e. The molecule has 96 valence electrons. The van der Waals surface area contributed by atoms with Crippen LogP contribution in [0.25, 0.3) is 0 Å². The number of nitrogens with one attached hydrogen (secondary N) is 2. The standard InChI is InChI=1S/C13H19N5/c1-10-12(8-16-17-10)7-14-6-11-2-3-13-15-4-5-18(13)9-11/h4-5,8,11,14H,2-3,6-7,9H2,1H3,(H,16,17)/t11-/m1/s1. The first kappa shape index (κ1) is 11.5. The highest BCUT2D eigenvalue weighted by atomic mass is 15.1. The molecule has 1 atom stereocenters. The van der Waals surface area contributed by atoms with Crippen LogP contribution < -0.4 is 5.32 Å². The molecule has 0 spiro atoms. The molecule has 5 heteroatoms. The third-order valence-electron chi connectivity index (χ3n) is 3.72. The summed E-state index contributed by atoms with van der Waals surface area (Å²) >= 11 is 0. The Balaban J connectivity index is 1.49. The lowest BCUT2D eigenvalue weighted by molar-refractivity contribution is 0.347. The first-order valence-corrected chi connectivity index (χ1v) is 6.52. The molecule has 0 aliphatic carbocycles. The first-order chi connectivity index (χ1) is 8.83. The van der Waals surface area contributed by atoms with Crippen molar-refractivity contribution >= 4 is 0 Å². The van der Waals surface area contributed by atoms with E-state index >= 15 is 0 Å². The van der Waals surface area contributed by atoms with Crippen molar-refractivity contribution in [1.29, 1.82) is 0 Å². The fraction of sp³-hybridized carbons (Fsp3) is 0.538. The molecule has 2 aromatic heterocycles. The average molecular weight is 245 g/mol. The molecule has 2 aromatic rings. The summed E-state index contributed by atoms with van der Waals surface area (Å²) in [6.45, 7) is 5.10. The van der Waals surface area contributed by atoms with Gasteiger partial charge < -0.3 is 9.88 Å². The van der Waals surface area contributed by atoms with Crippen LogP contribution in [0.2, 0.25) is 0 Å². The number of fused-ring (bicyclic) bond motifs is 1. The molecule has 18 heavy (non-hydrogen) atoms. The Kier molecular flexibility index (Phi) is 3.15. The number of aromatic amines is 1. The average Bonchev–Trinajstić information content (AvgIpc) is 2.98. The van der Waals surface area contributed by atoms with E-state index in [1.807, 2.05) is 12.4 Å². The predicted octanol–water partition coefficient (Wildman–Crippen LogP) is 1.27. The minimum atomic E-state index is 0.707. The van der Waals surface area contributed by atoms with Gasteiger partial charge >= 0.3 is 0 Å². The second-order valence-corrected chi connectivity index (χ2v) is 5.05. The topological polar surface area (TPSA) is 58.5 Å². The number of H-pyrrole nitrogens is 1. The van der Waals surface area contributed by atoms with Crippen molar-refractivity contribution in [3.63, 3.8) is 0 Å². The molecule has 0 saturated heterocycles. The van der Waals surface area contributed by atoms with Gasteiger partial charge in [-0.15, -0.1) is 0 Å². The summed E-state index contributed by atoms with van der Waals surface area (Å²) in [4.78, 5) is 4.35. The third-order valence-corrected chi connectivity index (χ3v) is 3.72. The number of aryl methyl sites for hydroxylation is 2. The minimum Gasteiger partial charge on any atom is -0.335 e. The van der Waals surface area contributed by atoms with Gasteiger partial charge in [0.05, 0.1) is 6.20 Å². The summed E-state index contributed by atoms with van der Waals surface area (Å²) in [6.07, 6.45) is 8.22. The van der Waals surface area contributed by atoms with Crippen LogP contribution in [0.1, 0.15) is 23.5 Å². The van der Waals surface area contributed by atoms with E-state index in [0.717, 1.165) is 31.7 Å². The van der Waals surface area contributed by atoms with E-state index in [9.17, 15) is 0 Å². The number of imidazole rings is 1. The van der Waals surface area contributed by atoms with E-state index in [-0.39, 0.29) is 0 Å². The Bertz CT molecular complexity index is 513. The SMILES string of the molecule is Cc1[nH]ncc1CNC[C@H]1CCc2nccn2C1. The number of hydrogen-bond acceptors (Lipinski definition) is 3. The van der Waals surface area contributed by atoms with Gasteiger partial charge in [-0.2, -0.15) is 5.10 Å². The minimum absolute atomic E-state index is 0.707. The molecular weight excluding hydrogens is 226 g/mol. The molecule has 0 amide bonds. The highest BCUT2D eigenvalue weighted by molar-refractivity contribution is 5.13. The van der Waals surface area contributed by atoms with Gasteiger partial charge in [0.2, 0.25) is 0 Å². The zero-order valence-electron chi connectivity index (χ0n) is 10.7. The van der Waals surface area contributed by atoms with Crippen LogP contribution >= 0.6 is 0 Å². The second kappa shape index (κ2) is 4.94. The Morgan fingerprint density at radius 2 is 2.50 bits per heavy atom. The molecule has 0 bridgehead atoms. The van der Waals surface area contributed by atoms with Gasteiger partial charge in [-0.1, -0.05) is 0 Å². The number of hydrogen-bond donors (Lipinski definition) is 2. The number of rotatable bonds is 4. The molecule has 0 unspecified atom stereocenters. The first-order valence-electron chi connectivity index (χ1n) is 6.52. The molecule has 5 nitrogen and oxygen atoms in total. The summed E-state index contributed by atoms with van der Waals surface area (Å²) in [7, 11) is 0. The molecule has 0 radical (unpaired) electrons. The van der Waals surface area contributed by atoms with Crippen molar-refractivity contribution in [3.8, 4) is 0 Å². The van der Waals surface area contributed by atoms with E-state index in [0.29, 0.717) is 5.92 Å². The van der Waals surface area contributed by atoms with E-state index in [4.69, 9.17) is 0 Å². The Hall–Kier alpha value is -1.62. The smallest absolute Gasteiger partial charge is 0.108 e. The Morgan fingerprint density at radius 3 is 3.33 bits per heavy atom. The van der Waals surface area contributed by atoms with Gasteiger partial charge in [-0.3, -0.25) is 5.10 Å². The second-order valence-electron chi connectivity index (χ2n) is 5.05. The number of aromatic nitrogens is 4. The molecule has 0 aromatic carbocycles. The van der Waals surface area contributed by atoms with E-state index in [2.05, 4.69) is 38.2 Å². The van der Waals surface area contributed by atoms with E-state index < -0.39 is 0 Å². The van der Waals surface area contributed by atoms with Gasteiger partial charge in [-0.05, 0) is 25.8 Å².